The Morgan fingerprint density at radius 1 is 1.25 bits per heavy atom. The van der Waals surface area contributed by atoms with Crippen LogP contribution in [0.5, 0.6) is 0 Å². The van der Waals surface area contributed by atoms with Crippen molar-refractivity contribution in [2.45, 2.75) is 65.1 Å². The molecule has 1 heterocycles. The summed E-state index contributed by atoms with van der Waals surface area (Å²) in [6, 6.07) is 0. The van der Waals surface area contributed by atoms with Crippen molar-refractivity contribution in [3.8, 4) is 0 Å². The van der Waals surface area contributed by atoms with Gasteiger partial charge in [-0.3, -0.25) is 0 Å². The van der Waals surface area contributed by atoms with Crippen molar-refractivity contribution in [1.29, 1.82) is 0 Å². The van der Waals surface area contributed by atoms with Crippen molar-refractivity contribution in [3.05, 3.63) is 23.8 Å². The second-order valence-electron chi connectivity index (χ2n) is 6.31. The average Bonchev–Trinajstić information content (AvgIpc) is 2.82. The summed E-state index contributed by atoms with van der Waals surface area (Å²) in [7, 11) is 0. The van der Waals surface area contributed by atoms with Gasteiger partial charge in [-0.2, -0.15) is 0 Å². The van der Waals surface area contributed by atoms with E-state index in [-0.39, 0.29) is 11.0 Å². The number of fused-ring (bicyclic) bond motifs is 1. The zero-order valence-electron chi connectivity index (χ0n) is 11.0. The van der Waals surface area contributed by atoms with Crippen LogP contribution >= 0.6 is 0 Å². The van der Waals surface area contributed by atoms with E-state index in [4.69, 9.17) is 4.74 Å². The largest absolute Gasteiger partial charge is 0.366 e. The monoisotopic (exact) mass is 220 g/mol. The van der Waals surface area contributed by atoms with E-state index < -0.39 is 0 Å². The summed E-state index contributed by atoms with van der Waals surface area (Å²) in [6.45, 7) is 9.10. The van der Waals surface area contributed by atoms with Gasteiger partial charge < -0.3 is 4.74 Å². The Bertz CT molecular complexity index is 324. The minimum absolute atomic E-state index is 0.136. The number of ether oxygens (including phenoxy) is 1. The van der Waals surface area contributed by atoms with Crippen LogP contribution in [0.3, 0.4) is 0 Å². The Morgan fingerprint density at radius 2 is 2.00 bits per heavy atom. The molecule has 90 valence electrons. The quantitative estimate of drug-likeness (QED) is 0.439. The van der Waals surface area contributed by atoms with Crippen molar-refractivity contribution < 1.29 is 4.74 Å². The van der Waals surface area contributed by atoms with E-state index in [0.717, 1.165) is 12.8 Å². The molecule has 1 fully saturated rings. The molecule has 0 bridgehead atoms. The Balaban J connectivity index is 2.11. The lowest BCUT2D eigenvalue weighted by molar-refractivity contribution is 0.306. The summed E-state index contributed by atoms with van der Waals surface area (Å²) in [5.74, 6) is 0. The maximum Gasteiger partial charge on any atom is 0.0954 e. The van der Waals surface area contributed by atoms with Gasteiger partial charge in [0.25, 0.3) is 0 Å². The fourth-order valence-electron chi connectivity index (χ4n) is 2.41. The smallest absolute Gasteiger partial charge is 0.0954 e. The van der Waals surface area contributed by atoms with E-state index in [0.29, 0.717) is 6.10 Å². The molecule has 2 aliphatic rings. The van der Waals surface area contributed by atoms with Gasteiger partial charge in [0, 0.05) is 0 Å². The van der Waals surface area contributed by atoms with Crippen LogP contribution in [0.25, 0.3) is 0 Å². The molecule has 0 amide bonds. The molecule has 1 aliphatic heterocycles. The van der Waals surface area contributed by atoms with Crippen LogP contribution in [-0.2, 0) is 4.74 Å². The molecule has 1 nitrogen and oxygen atoms in total. The summed E-state index contributed by atoms with van der Waals surface area (Å²) in [4.78, 5) is 0. The summed E-state index contributed by atoms with van der Waals surface area (Å²) >= 11 is 0. The molecule has 0 N–H and O–H groups in total. The molecular weight excluding hydrogens is 196 g/mol. The molecule has 0 spiro atoms. The zero-order valence-corrected chi connectivity index (χ0v) is 11.0. The average molecular weight is 220 g/mol. The molecule has 2 atom stereocenters. The van der Waals surface area contributed by atoms with Crippen LogP contribution in [-0.4, -0.2) is 11.7 Å². The van der Waals surface area contributed by atoms with E-state index >= 15 is 0 Å². The minimum atomic E-state index is 0.136. The van der Waals surface area contributed by atoms with E-state index in [9.17, 15) is 0 Å². The normalized spacial score (nSPS) is 43.5. The van der Waals surface area contributed by atoms with Gasteiger partial charge in [0.1, 0.15) is 0 Å². The first kappa shape index (κ1) is 11.9. The summed E-state index contributed by atoms with van der Waals surface area (Å²) in [5.41, 5.74) is 1.94. The standard InChI is InChI=1S/C15H24O/c1-12-6-7-13-15(4,16-13)10-5-9-14(2,3)11-8-12/h5,8-9,13H,6-7,10-11H2,1-4H3/b9-5+,12-8+. The molecule has 0 aromatic heterocycles. The fraction of sp³-hybridized carbons (Fsp3) is 0.733. The maximum atomic E-state index is 5.82. The second-order valence-corrected chi connectivity index (χ2v) is 6.31. The molecule has 0 aromatic rings. The van der Waals surface area contributed by atoms with Crippen LogP contribution in [0, 0.1) is 5.41 Å². The molecule has 2 unspecified atom stereocenters. The predicted octanol–water partition coefficient (Wildman–Crippen LogP) is 4.25. The molecule has 0 aromatic carbocycles. The highest BCUT2D eigenvalue weighted by Gasteiger charge is 2.50. The first-order valence-electron chi connectivity index (χ1n) is 6.42. The second kappa shape index (κ2) is 4.03. The van der Waals surface area contributed by atoms with Gasteiger partial charge in [0.2, 0.25) is 0 Å². The van der Waals surface area contributed by atoms with Crippen molar-refractivity contribution >= 4 is 0 Å². The van der Waals surface area contributed by atoms with Crippen LogP contribution in [0.2, 0.25) is 0 Å². The Labute approximate surface area is 99.6 Å². The van der Waals surface area contributed by atoms with Crippen molar-refractivity contribution in [2.75, 3.05) is 0 Å². The van der Waals surface area contributed by atoms with Crippen LogP contribution in [0.15, 0.2) is 23.8 Å². The van der Waals surface area contributed by atoms with E-state index in [2.05, 4.69) is 45.9 Å². The topological polar surface area (TPSA) is 12.5 Å². The van der Waals surface area contributed by atoms with Crippen molar-refractivity contribution in [1.82, 2.24) is 0 Å². The van der Waals surface area contributed by atoms with E-state index in [1.54, 1.807) is 0 Å². The van der Waals surface area contributed by atoms with Gasteiger partial charge in [-0.05, 0) is 44.9 Å². The van der Waals surface area contributed by atoms with E-state index in [1.807, 2.05) is 0 Å². The molecule has 0 radical (unpaired) electrons. The third kappa shape index (κ3) is 2.76. The SMILES string of the molecule is C/C1=C\CC(C)(C)/C=C/CC2(C)OC2CC1. The number of epoxide rings is 1. The molecule has 1 heteroatoms. The van der Waals surface area contributed by atoms with Gasteiger partial charge in [-0.15, -0.1) is 0 Å². The van der Waals surface area contributed by atoms with Gasteiger partial charge in [-0.25, -0.2) is 0 Å². The highest BCUT2D eigenvalue weighted by atomic mass is 16.6. The highest BCUT2D eigenvalue weighted by Crippen LogP contribution is 2.43. The Hall–Kier alpha value is -0.560. The molecule has 2 rings (SSSR count). The number of allylic oxidation sites excluding steroid dienone is 3. The molecular formula is C15H24O. The lowest BCUT2D eigenvalue weighted by Crippen LogP contribution is -2.09. The number of rotatable bonds is 0. The summed E-state index contributed by atoms with van der Waals surface area (Å²) < 4.78 is 5.82. The number of hydrogen-bond acceptors (Lipinski definition) is 1. The van der Waals surface area contributed by atoms with Crippen molar-refractivity contribution in [3.63, 3.8) is 0 Å². The third-order valence-electron chi connectivity index (χ3n) is 3.91. The summed E-state index contributed by atoms with van der Waals surface area (Å²) in [6.07, 6.45) is 12.2. The van der Waals surface area contributed by atoms with Crippen molar-refractivity contribution in [2.24, 2.45) is 5.41 Å². The predicted molar refractivity (Wildman–Crippen MR) is 68.4 cm³/mol. The molecule has 16 heavy (non-hydrogen) atoms. The maximum absolute atomic E-state index is 5.82. The van der Waals surface area contributed by atoms with Gasteiger partial charge in [0.05, 0.1) is 11.7 Å². The molecule has 0 saturated carbocycles. The zero-order chi connectivity index (χ0) is 11.8. The fourth-order valence-corrected chi connectivity index (χ4v) is 2.41. The Morgan fingerprint density at radius 3 is 2.75 bits per heavy atom. The number of hydrogen-bond donors (Lipinski definition) is 0. The first-order chi connectivity index (χ1) is 7.41. The van der Waals surface area contributed by atoms with Crippen LogP contribution in [0.1, 0.15) is 53.4 Å². The Kier molecular flexibility index (Phi) is 3.00. The van der Waals surface area contributed by atoms with Gasteiger partial charge >= 0.3 is 0 Å². The van der Waals surface area contributed by atoms with Crippen LogP contribution in [0.4, 0.5) is 0 Å². The lowest BCUT2D eigenvalue weighted by atomic mass is 9.87. The van der Waals surface area contributed by atoms with Gasteiger partial charge in [-0.1, -0.05) is 37.6 Å². The third-order valence-corrected chi connectivity index (χ3v) is 3.91. The lowest BCUT2D eigenvalue weighted by Gasteiger charge is -2.18. The van der Waals surface area contributed by atoms with Gasteiger partial charge in [0.15, 0.2) is 0 Å². The van der Waals surface area contributed by atoms with Crippen LogP contribution < -0.4 is 0 Å². The molecule has 1 aliphatic carbocycles. The highest BCUT2D eigenvalue weighted by molar-refractivity contribution is 5.11. The molecule has 1 saturated heterocycles. The minimum Gasteiger partial charge on any atom is -0.366 e. The summed E-state index contributed by atoms with van der Waals surface area (Å²) in [5, 5.41) is 0. The van der Waals surface area contributed by atoms with E-state index in [1.165, 1.54) is 18.4 Å². The first-order valence-corrected chi connectivity index (χ1v) is 6.42.